The first kappa shape index (κ1) is 17.4. The molecule has 0 radical (unpaired) electrons. The minimum absolute atomic E-state index is 0.0252. The average molecular weight is 327 g/mol. The van der Waals surface area contributed by atoms with E-state index in [1.807, 2.05) is 11.8 Å². The van der Waals surface area contributed by atoms with Gasteiger partial charge in [0.05, 0.1) is 12.1 Å². The number of urea groups is 1. The molecule has 2 aliphatic heterocycles. The van der Waals surface area contributed by atoms with Crippen LogP contribution in [0.2, 0.25) is 0 Å². The molecule has 126 valence electrons. The van der Waals surface area contributed by atoms with E-state index in [-0.39, 0.29) is 18.0 Å². The van der Waals surface area contributed by atoms with Crippen molar-refractivity contribution in [2.45, 2.75) is 75.6 Å². The van der Waals surface area contributed by atoms with Crippen LogP contribution >= 0.6 is 11.8 Å². The lowest BCUT2D eigenvalue weighted by molar-refractivity contribution is -0.121. The summed E-state index contributed by atoms with van der Waals surface area (Å²) in [5.74, 6) is 1.19. The smallest absolute Gasteiger partial charge is 0.315 e. The highest BCUT2D eigenvalue weighted by Crippen LogP contribution is 2.33. The van der Waals surface area contributed by atoms with Crippen LogP contribution in [0.5, 0.6) is 0 Å². The van der Waals surface area contributed by atoms with Gasteiger partial charge >= 0.3 is 6.03 Å². The van der Waals surface area contributed by atoms with E-state index in [4.69, 9.17) is 0 Å². The lowest BCUT2D eigenvalue weighted by atomic mass is 10.0. The Balaban J connectivity index is 1.49. The van der Waals surface area contributed by atoms with Gasteiger partial charge in [0, 0.05) is 24.0 Å². The number of rotatable bonds is 10. The zero-order valence-electron chi connectivity index (χ0n) is 13.5. The summed E-state index contributed by atoms with van der Waals surface area (Å²) in [5, 5.41) is 9.47. The van der Waals surface area contributed by atoms with E-state index < -0.39 is 0 Å². The van der Waals surface area contributed by atoms with E-state index in [9.17, 15) is 9.59 Å². The third kappa shape index (κ3) is 5.38. The fraction of sp³-hybridized carbons (Fsp3) is 0.875. The van der Waals surface area contributed by atoms with Crippen molar-refractivity contribution in [1.29, 1.82) is 0 Å². The fourth-order valence-electron chi connectivity index (χ4n) is 3.14. The Kier molecular flexibility index (Phi) is 7.36. The average Bonchev–Trinajstić information content (AvgIpc) is 3.03. The van der Waals surface area contributed by atoms with Gasteiger partial charge in [0.2, 0.25) is 5.91 Å². The molecule has 2 aliphatic rings. The lowest BCUT2D eigenvalue weighted by Crippen LogP contribution is -2.36. The number of hydrogen-bond acceptors (Lipinski definition) is 3. The van der Waals surface area contributed by atoms with Gasteiger partial charge in [-0.1, -0.05) is 32.6 Å². The van der Waals surface area contributed by atoms with Crippen LogP contribution in [-0.2, 0) is 4.79 Å². The van der Waals surface area contributed by atoms with Crippen LogP contribution in [0, 0.1) is 0 Å². The third-order valence-corrected chi connectivity index (χ3v) is 5.94. The summed E-state index contributed by atoms with van der Waals surface area (Å²) in [7, 11) is 0. The number of carbonyl (C=O) groups excluding carboxylic acids is 2. The zero-order valence-corrected chi connectivity index (χ0v) is 14.3. The maximum absolute atomic E-state index is 11.7. The second-order valence-electron chi connectivity index (χ2n) is 6.28. The number of fused-ring (bicyclic) bond motifs is 1. The summed E-state index contributed by atoms with van der Waals surface area (Å²) in [6.45, 7) is 3.01. The Morgan fingerprint density at radius 2 is 2.09 bits per heavy atom. The van der Waals surface area contributed by atoms with Gasteiger partial charge in [-0.2, -0.15) is 11.8 Å². The zero-order chi connectivity index (χ0) is 15.8. The number of amides is 3. The minimum atomic E-state index is -0.0252. The first-order valence-electron chi connectivity index (χ1n) is 8.66. The molecule has 0 aromatic carbocycles. The maximum Gasteiger partial charge on any atom is 0.315 e. The fourth-order valence-corrected chi connectivity index (χ4v) is 4.69. The van der Waals surface area contributed by atoms with E-state index >= 15 is 0 Å². The van der Waals surface area contributed by atoms with Gasteiger partial charge in [-0.15, -0.1) is 0 Å². The van der Waals surface area contributed by atoms with Crippen molar-refractivity contribution < 1.29 is 9.59 Å². The highest BCUT2D eigenvalue weighted by molar-refractivity contribution is 8.00. The quantitative estimate of drug-likeness (QED) is 0.426. The molecule has 0 bridgehead atoms. The van der Waals surface area contributed by atoms with Crippen molar-refractivity contribution >= 4 is 23.7 Å². The van der Waals surface area contributed by atoms with Gasteiger partial charge in [0.1, 0.15) is 0 Å². The van der Waals surface area contributed by atoms with Crippen LogP contribution in [0.1, 0.15) is 58.3 Å². The molecule has 0 aromatic rings. The molecule has 3 N–H and O–H groups in total. The number of hydrogen-bond donors (Lipinski definition) is 3. The Labute approximate surface area is 137 Å². The largest absolute Gasteiger partial charge is 0.356 e. The summed E-state index contributed by atoms with van der Waals surface area (Å²) in [6, 6.07) is 0.557. The summed E-state index contributed by atoms with van der Waals surface area (Å²) in [4.78, 5) is 23.0. The number of nitrogens with one attached hydrogen (secondary N) is 3. The highest BCUT2D eigenvalue weighted by Gasteiger charge is 2.42. The molecule has 0 aliphatic carbocycles. The normalized spacial score (nSPS) is 26.4. The van der Waals surface area contributed by atoms with Crippen molar-refractivity contribution in [3.05, 3.63) is 0 Å². The van der Waals surface area contributed by atoms with Gasteiger partial charge in [0.25, 0.3) is 0 Å². The highest BCUT2D eigenvalue weighted by atomic mass is 32.2. The molecular weight excluding hydrogens is 298 g/mol. The second-order valence-corrected chi connectivity index (χ2v) is 7.55. The molecule has 0 aromatic heterocycles. The molecule has 6 heteroatoms. The molecule has 2 unspecified atom stereocenters. The molecule has 3 amide bonds. The van der Waals surface area contributed by atoms with Crippen molar-refractivity contribution in [1.82, 2.24) is 16.0 Å². The van der Waals surface area contributed by atoms with Gasteiger partial charge in [-0.3, -0.25) is 4.79 Å². The van der Waals surface area contributed by atoms with Crippen molar-refractivity contribution in [3.63, 3.8) is 0 Å². The molecule has 0 saturated carbocycles. The maximum atomic E-state index is 11.7. The van der Waals surface area contributed by atoms with Gasteiger partial charge in [0.15, 0.2) is 0 Å². The molecule has 2 saturated heterocycles. The van der Waals surface area contributed by atoms with E-state index in [0.29, 0.717) is 17.7 Å². The molecular formula is C16H29N3O2S. The molecule has 0 spiro atoms. The van der Waals surface area contributed by atoms with Crippen molar-refractivity contribution in [2.75, 3.05) is 12.3 Å². The SMILES string of the molecule is CCCCCCNC(=O)CCCC[C@@H]1SCC2NC(=O)NC21. The van der Waals surface area contributed by atoms with Gasteiger partial charge in [-0.25, -0.2) is 4.79 Å². The third-order valence-electron chi connectivity index (χ3n) is 4.43. The first-order valence-corrected chi connectivity index (χ1v) is 9.71. The van der Waals surface area contributed by atoms with Crippen LogP contribution < -0.4 is 16.0 Å². The topological polar surface area (TPSA) is 70.2 Å². The monoisotopic (exact) mass is 327 g/mol. The van der Waals surface area contributed by atoms with E-state index in [1.54, 1.807) is 0 Å². The molecule has 22 heavy (non-hydrogen) atoms. The summed E-state index contributed by atoms with van der Waals surface area (Å²) < 4.78 is 0. The molecule has 5 nitrogen and oxygen atoms in total. The Hall–Kier alpha value is -0.910. The van der Waals surface area contributed by atoms with Crippen molar-refractivity contribution in [3.8, 4) is 0 Å². The first-order chi connectivity index (χ1) is 10.7. The van der Waals surface area contributed by atoms with Crippen LogP contribution in [-0.4, -0.2) is 41.6 Å². The summed E-state index contributed by atoms with van der Waals surface area (Å²) in [5.41, 5.74) is 0. The molecule has 2 heterocycles. The van der Waals surface area contributed by atoms with Gasteiger partial charge < -0.3 is 16.0 Å². The van der Waals surface area contributed by atoms with Gasteiger partial charge in [-0.05, 0) is 19.3 Å². The van der Waals surface area contributed by atoms with Crippen LogP contribution in [0.4, 0.5) is 4.79 Å². The van der Waals surface area contributed by atoms with Crippen LogP contribution in [0.25, 0.3) is 0 Å². The van der Waals surface area contributed by atoms with Crippen LogP contribution in [0.15, 0.2) is 0 Å². The van der Waals surface area contributed by atoms with E-state index in [1.165, 1.54) is 19.3 Å². The summed E-state index contributed by atoms with van der Waals surface area (Å²) in [6.07, 6.45) is 8.48. The predicted octanol–water partition coefficient (Wildman–Crippen LogP) is 2.41. The second kappa shape index (κ2) is 9.28. The Bertz CT molecular complexity index is 378. The Morgan fingerprint density at radius 1 is 1.23 bits per heavy atom. The standard InChI is InChI=1S/C16H29N3O2S/c1-2-3-4-7-10-17-14(20)9-6-5-8-13-15-12(11-22-13)18-16(21)19-15/h12-13,15H,2-11H2,1H3,(H,17,20)(H2,18,19,21)/t12?,13-,15?/m0/s1. The van der Waals surface area contributed by atoms with Crippen LogP contribution in [0.3, 0.4) is 0 Å². The predicted molar refractivity (Wildman–Crippen MR) is 91.1 cm³/mol. The number of carbonyl (C=O) groups is 2. The van der Waals surface area contributed by atoms with E-state index in [2.05, 4.69) is 22.9 Å². The van der Waals surface area contributed by atoms with E-state index in [0.717, 1.165) is 38.0 Å². The van der Waals surface area contributed by atoms with Crippen molar-refractivity contribution in [2.24, 2.45) is 0 Å². The minimum Gasteiger partial charge on any atom is -0.356 e. The molecule has 2 fully saturated rings. The Morgan fingerprint density at radius 3 is 2.91 bits per heavy atom. The number of thioether (sulfide) groups is 1. The molecule has 2 rings (SSSR count). The summed E-state index contributed by atoms with van der Waals surface area (Å²) >= 11 is 1.94. The number of unbranched alkanes of at least 4 members (excludes halogenated alkanes) is 4. The lowest BCUT2D eigenvalue weighted by Gasteiger charge is -2.16. The molecule has 3 atom stereocenters.